The van der Waals surface area contributed by atoms with Gasteiger partial charge in [0.15, 0.2) is 0 Å². The molecule has 2 unspecified atom stereocenters. The fourth-order valence-electron chi connectivity index (χ4n) is 3.28. The summed E-state index contributed by atoms with van der Waals surface area (Å²) in [7, 11) is 2.08. The molecule has 0 heterocycles. The third kappa shape index (κ3) is 2.64. The minimum absolute atomic E-state index is 0.492. The van der Waals surface area contributed by atoms with Crippen LogP contribution >= 0.6 is 0 Å². The Morgan fingerprint density at radius 3 is 2.55 bits per heavy atom. The van der Waals surface area contributed by atoms with Gasteiger partial charge in [0.2, 0.25) is 0 Å². The molecule has 0 saturated carbocycles. The fraction of sp³-hybridized carbons (Fsp3) is 0.368. The maximum atomic E-state index is 3.51. The molecule has 2 aromatic carbocycles. The molecule has 3 rings (SSSR count). The van der Waals surface area contributed by atoms with Crippen LogP contribution in [0.2, 0.25) is 0 Å². The van der Waals surface area contributed by atoms with E-state index in [1.807, 2.05) is 0 Å². The van der Waals surface area contributed by atoms with Crippen molar-refractivity contribution in [1.82, 2.24) is 5.32 Å². The van der Waals surface area contributed by atoms with Crippen LogP contribution in [0.3, 0.4) is 0 Å². The summed E-state index contributed by atoms with van der Waals surface area (Å²) in [5.74, 6) is 0.792. The van der Waals surface area contributed by atoms with E-state index in [0.717, 1.165) is 5.92 Å². The standard InChI is InChI=1S/C19H23N/c1-14-8-9-16-10-11-17(15-6-4-3-5-7-15)13-18(16)19(12-14)20-2/h3-7,10-11,13-14,19-20H,8-9,12H2,1-2H3. The average Bonchev–Trinajstić information content (AvgIpc) is 2.67. The molecular weight excluding hydrogens is 242 g/mol. The number of benzene rings is 2. The van der Waals surface area contributed by atoms with Crippen LogP contribution < -0.4 is 5.32 Å². The summed E-state index contributed by atoms with van der Waals surface area (Å²) in [4.78, 5) is 0. The van der Waals surface area contributed by atoms with Crippen molar-refractivity contribution in [3.63, 3.8) is 0 Å². The van der Waals surface area contributed by atoms with Gasteiger partial charge in [-0.25, -0.2) is 0 Å². The summed E-state index contributed by atoms with van der Waals surface area (Å²) in [5, 5.41) is 3.51. The molecule has 0 fully saturated rings. The van der Waals surface area contributed by atoms with Crippen LogP contribution in [0.4, 0.5) is 0 Å². The predicted octanol–water partition coefficient (Wildman–Crippen LogP) is 4.59. The number of aryl methyl sites for hydroxylation is 1. The molecule has 0 amide bonds. The molecule has 0 aliphatic heterocycles. The first kappa shape index (κ1) is 13.4. The van der Waals surface area contributed by atoms with Crippen molar-refractivity contribution >= 4 is 0 Å². The number of nitrogens with one attached hydrogen (secondary N) is 1. The summed E-state index contributed by atoms with van der Waals surface area (Å²) >= 11 is 0. The Morgan fingerprint density at radius 2 is 1.80 bits per heavy atom. The molecule has 0 aromatic heterocycles. The van der Waals surface area contributed by atoms with Crippen LogP contribution in [0.15, 0.2) is 48.5 Å². The highest BCUT2D eigenvalue weighted by Crippen LogP contribution is 2.34. The number of hydrogen-bond acceptors (Lipinski definition) is 1. The number of rotatable bonds is 2. The minimum Gasteiger partial charge on any atom is -0.313 e. The first-order chi connectivity index (χ1) is 9.78. The van der Waals surface area contributed by atoms with Crippen LogP contribution in [0, 0.1) is 5.92 Å². The van der Waals surface area contributed by atoms with Crippen LogP contribution in [-0.4, -0.2) is 7.05 Å². The van der Waals surface area contributed by atoms with Crippen molar-refractivity contribution in [2.24, 2.45) is 5.92 Å². The van der Waals surface area contributed by atoms with Gasteiger partial charge in [0, 0.05) is 6.04 Å². The van der Waals surface area contributed by atoms with Gasteiger partial charge in [-0.3, -0.25) is 0 Å². The fourth-order valence-corrected chi connectivity index (χ4v) is 3.28. The normalized spacial score (nSPS) is 22.1. The summed E-state index contributed by atoms with van der Waals surface area (Å²) in [6.45, 7) is 2.37. The molecule has 0 radical (unpaired) electrons. The van der Waals surface area contributed by atoms with Crippen LogP contribution in [0.25, 0.3) is 11.1 Å². The van der Waals surface area contributed by atoms with Crippen molar-refractivity contribution in [2.45, 2.75) is 32.2 Å². The molecule has 20 heavy (non-hydrogen) atoms. The largest absolute Gasteiger partial charge is 0.313 e. The first-order valence-corrected chi connectivity index (χ1v) is 7.63. The Balaban J connectivity index is 2.03. The van der Waals surface area contributed by atoms with Gasteiger partial charge in [0.1, 0.15) is 0 Å². The molecule has 0 saturated heterocycles. The van der Waals surface area contributed by atoms with E-state index in [2.05, 4.69) is 67.8 Å². The molecule has 0 spiro atoms. The molecule has 1 heteroatoms. The van der Waals surface area contributed by atoms with Crippen molar-refractivity contribution < 1.29 is 0 Å². The molecule has 104 valence electrons. The van der Waals surface area contributed by atoms with Gasteiger partial charge in [0.05, 0.1) is 0 Å². The van der Waals surface area contributed by atoms with Crippen LogP contribution in [0.1, 0.15) is 36.9 Å². The number of fused-ring (bicyclic) bond motifs is 1. The van der Waals surface area contributed by atoms with E-state index in [1.165, 1.54) is 41.5 Å². The second kappa shape index (κ2) is 5.80. The average molecular weight is 265 g/mol. The monoisotopic (exact) mass is 265 g/mol. The van der Waals surface area contributed by atoms with Gasteiger partial charge in [-0.2, -0.15) is 0 Å². The SMILES string of the molecule is CNC1CC(C)CCc2ccc(-c3ccccc3)cc21. The lowest BCUT2D eigenvalue weighted by Gasteiger charge is -2.19. The summed E-state index contributed by atoms with van der Waals surface area (Å²) in [6.07, 6.45) is 3.75. The van der Waals surface area contributed by atoms with Crippen molar-refractivity contribution in [3.05, 3.63) is 59.7 Å². The van der Waals surface area contributed by atoms with E-state index < -0.39 is 0 Å². The molecule has 1 aliphatic rings. The quantitative estimate of drug-likeness (QED) is 0.783. The van der Waals surface area contributed by atoms with Crippen LogP contribution in [-0.2, 0) is 6.42 Å². The Morgan fingerprint density at radius 1 is 1.00 bits per heavy atom. The third-order valence-electron chi connectivity index (χ3n) is 4.52. The third-order valence-corrected chi connectivity index (χ3v) is 4.52. The van der Waals surface area contributed by atoms with Crippen molar-refractivity contribution in [2.75, 3.05) is 7.05 Å². The molecule has 1 N–H and O–H groups in total. The molecule has 0 bridgehead atoms. The molecule has 1 nitrogen and oxygen atoms in total. The maximum absolute atomic E-state index is 3.51. The second-order valence-corrected chi connectivity index (χ2v) is 6.00. The second-order valence-electron chi connectivity index (χ2n) is 6.00. The molecule has 2 aromatic rings. The highest BCUT2D eigenvalue weighted by molar-refractivity contribution is 5.65. The van der Waals surface area contributed by atoms with Gasteiger partial charge >= 0.3 is 0 Å². The van der Waals surface area contributed by atoms with Gasteiger partial charge in [-0.15, -0.1) is 0 Å². The summed E-state index contributed by atoms with van der Waals surface area (Å²) < 4.78 is 0. The molecule has 1 aliphatic carbocycles. The van der Waals surface area contributed by atoms with E-state index in [1.54, 1.807) is 0 Å². The lowest BCUT2D eigenvalue weighted by molar-refractivity contribution is 0.428. The van der Waals surface area contributed by atoms with E-state index in [-0.39, 0.29) is 0 Å². The van der Waals surface area contributed by atoms with E-state index >= 15 is 0 Å². The topological polar surface area (TPSA) is 12.0 Å². The predicted molar refractivity (Wildman–Crippen MR) is 85.8 cm³/mol. The summed E-state index contributed by atoms with van der Waals surface area (Å²) in [5.41, 5.74) is 5.66. The van der Waals surface area contributed by atoms with Gasteiger partial charge < -0.3 is 5.32 Å². The molecular formula is C19H23N. The van der Waals surface area contributed by atoms with Gasteiger partial charge in [0.25, 0.3) is 0 Å². The van der Waals surface area contributed by atoms with Crippen molar-refractivity contribution in [3.8, 4) is 11.1 Å². The highest BCUT2D eigenvalue weighted by atomic mass is 14.9. The Bertz CT molecular complexity index is 574. The minimum atomic E-state index is 0.492. The highest BCUT2D eigenvalue weighted by Gasteiger charge is 2.21. The number of hydrogen-bond donors (Lipinski definition) is 1. The van der Waals surface area contributed by atoms with E-state index in [0.29, 0.717) is 6.04 Å². The lowest BCUT2D eigenvalue weighted by atomic mass is 9.93. The smallest absolute Gasteiger partial charge is 0.0323 e. The molecule has 2 atom stereocenters. The van der Waals surface area contributed by atoms with E-state index in [9.17, 15) is 0 Å². The zero-order valence-corrected chi connectivity index (χ0v) is 12.4. The maximum Gasteiger partial charge on any atom is 0.0323 e. The zero-order valence-electron chi connectivity index (χ0n) is 12.4. The summed E-state index contributed by atoms with van der Waals surface area (Å²) in [6, 6.07) is 18.2. The lowest BCUT2D eigenvalue weighted by Crippen LogP contribution is -2.18. The first-order valence-electron chi connectivity index (χ1n) is 7.63. The Kier molecular flexibility index (Phi) is 3.88. The Labute approximate surface area is 122 Å². The van der Waals surface area contributed by atoms with Crippen LogP contribution in [0.5, 0.6) is 0 Å². The Hall–Kier alpha value is -1.60. The van der Waals surface area contributed by atoms with Gasteiger partial charge in [-0.05, 0) is 60.5 Å². The van der Waals surface area contributed by atoms with E-state index in [4.69, 9.17) is 0 Å². The van der Waals surface area contributed by atoms with Crippen molar-refractivity contribution in [1.29, 1.82) is 0 Å². The van der Waals surface area contributed by atoms with Gasteiger partial charge in [-0.1, -0.05) is 49.4 Å². The zero-order chi connectivity index (χ0) is 13.9.